The highest BCUT2D eigenvalue weighted by Crippen LogP contribution is 2.29. The number of likely N-dealkylation sites (N-methyl/N-ethyl adjacent to an activating group) is 2. The zero-order chi connectivity index (χ0) is 9.31. The van der Waals surface area contributed by atoms with Gasteiger partial charge in [0.1, 0.15) is 0 Å². The number of hydrogen-bond acceptors (Lipinski definition) is 3. The fourth-order valence-electron chi connectivity index (χ4n) is 2.69. The zero-order valence-corrected chi connectivity index (χ0v) is 8.75. The fourth-order valence-corrected chi connectivity index (χ4v) is 2.69. The van der Waals surface area contributed by atoms with Gasteiger partial charge in [0.2, 0.25) is 0 Å². The van der Waals surface area contributed by atoms with E-state index in [2.05, 4.69) is 23.8 Å². The summed E-state index contributed by atoms with van der Waals surface area (Å²) in [5.74, 6) is 0. The second kappa shape index (κ2) is 3.56. The SMILES string of the molecule is CCN1CCOCC12CCN(C)C2. The molecule has 2 fully saturated rings. The first-order chi connectivity index (χ1) is 6.27. The summed E-state index contributed by atoms with van der Waals surface area (Å²) in [5.41, 5.74) is 0.349. The monoisotopic (exact) mass is 184 g/mol. The van der Waals surface area contributed by atoms with Gasteiger partial charge in [0.15, 0.2) is 0 Å². The van der Waals surface area contributed by atoms with Crippen LogP contribution in [0.1, 0.15) is 13.3 Å². The molecule has 0 aromatic rings. The van der Waals surface area contributed by atoms with Crippen molar-refractivity contribution in [3.8, 4) is 0 Å². The maximum absolute atomic E-state index is 5.62. The Balaban J connectivity index is 2.08. The Kier molecular flexibility index (Phi) is 2.58. The first kappa shape index (κ1) is 9.44. The third-order valence-corrected chi connectivity index (χ3v) is 3.45. The molecule has 76 valence electrons. The maximum atomic E-state index is 5.62. The van der Waals surface area contributed by atoms with Crippen LogP contribution in [0.5, 0.6) is 0 Å². The summed E-state index contributed by atoms with van der Waals surface area (Å²) in [5, 5.41) is 0. The third kappa shape index (κ3) is 1.60. The summed E-state index contributed by atoms with van der Waals surface area (Å²) in [4.78, 5) is 5.01. The van der Waals surface area contributed by atoms with Crippen LogP contribution in [0.2, 0.25) is 0 Å². The molecule has 0 radical (unpaired) electrons. The van der Waals surface area contributed by atoms with E-state index in [0.29, 0.717) is 5.54 Å². The van der Waals surface area contributed by atoms with E-state index >= 15 is 0 Å². The van der Waals surface area contributed by atoms with Crippen molar-refractivity contribution in [1.29, 1.82) is 0 Å². The van der Waals surface area contributed by atoms with Crippen LogP contribution in [0, 0.1) is 0 Å². The molecule has 2 aliphatic rings. The van der Waals surface area contributed by atoms with Crippen LogP contribution in [0.4, 0.5) is 0 Å². The lowest BCUT2D eigenvalue weighted by molar-refractivity contribution is -0.0601. The Labute approximate surface area is 80.6 Å². The molecule has 0 N–H and O–H groups in total. The van der Waals surface area contributed by atoms with E-state index in [9.17, 15) is 0 Å². The third-order valence-electron chi connectivity index (χ3n) is 3.45. The molecule has 13 heavy (non-hydrogen) atoms. The first-order valence-electron chi connectivity index (χ1n) is 5.28. The van der Waals surface area contributed by atoms with E-state index in [1.807, 2.05) is 0 Å². The normalized spacial score (nSPS) is 37.4. The first-order valence-corrected chi connectivity index (χ1v) is 5.28. The van der Waals surface area contributed by atoms with E-state index in [0.717, 1.165) is 26.3 Å². The highest BCUT2D eigenvalue weighted by atomic mass is 16.5. The van der Waals surface area contributed by atoms with Gasteiger partial charge in [-0.2, -0.15) is 0 Å². The molecule has 2 heterocycles. The summed E-state index contributed by atoms with van der Waals surface area (Å²) in [6, 6.07) is 0. The van der Waals surface area contributed by atoms with Gasteiger partial charge in [-0.05, 0) is 26.6 Å². The van der Waals surface area contributed by atoms with E-state index in [-0.39, 0.29) is 0 Å². The van der Waals surface area contributed by atoms with Crippen LogP contribution in [0.25, 0.3) is 0 Å². The van der Waals surface area contributed by atoms with E-state index < -0.39 is 0 Å². The van der Waals surface area contributed by atoms with E-state index in [1.165, 1.54) is 19.5 Å². The minimum absolute atomic E-state index is 0.349. The predicted octanol–water partition coefficient (Wildman–Crippen LogP) is 0.413. The molecule has 0 aromatic heterocycles. The summed E-state index contributed by atoms with van der Waals surface area (Å²) in [6.07, 6.45) is 1.28. The molecule has 0 aliphatic carbocycles. The highest BCUT2D eigenvalue weighted by molar-refractivity contribution is 4.99. The molecule has 1 spiro atoms. The van der Waals surface area contributed by atoms with Crippen LogP contribution in [0.15, 0.2) is 0 Å². The zero-order valence-electron chi connectivity index (χ0n) is 8.75. The minimum Gasteiger partial charge on any atom is -0.378 e. The quantitative estimate of drug-likeness (QED) is 0.587. The highest BCUT2D eigenvalue weighted by Gasteiger charge is 2.43. The van der Waals surface area contributed by atoms with Crippen molar-refractivity contribution >= 4 is 0 Å². The number of nitrogens with zero attached hydrogens (tertiary/aromatic N) is 2. The average Bonchev–Trinajstić information content (AvgIpc) is 2.49. The molecule has 1 unspecified atom stereocenters. The Morgan fingerprint density at radius 3 is 2.85 bits per heavy atom. The van der Waals surface area contributed by atoms with Crippen molar-refractivity contribution in [3.63, 3.8) is 0 Å². The van der Waals surface area contributed by atoms with Gasteiger partial charge in [0.25, 0.3) is 0 Å². The summed E-state index contributed by atoms with van der Waals surface area (Å²) in [7, 11) is 2.21. The van der Waals surface area contributed by atoms with Crippen molar-refractivity contribution < 1.29 is 4.74 Å². The van der Waals surface area contributed by atoms with Gasteiger partial charge in [-0.15, -0.1) is 0 Å². The number of ether oxygens (including phenoxy) is 1. The summed E-state index contributed by atoms with van der Waals surface area (Å²) in [6.45, 7) is 8.79. The second-order valence-electron chi connectivity index (χ2n) is 4.34. The number of hydrogen-bond donors (Lipinski definition) is 0. The number of morpholine rings is 1. The van der Waals surface area contributed by atoms with Gasteiger partial charge in [-0.25, -0.2) is 0 Å². The molecule has 0 aromatic carbocycles. The van der Waals surface area contributed by atoms with Crippen LogP contribution in [-0.2, 0) is 4.74 Å². The topological polar surface area (TPSA) is 15.7 Å². The maximum Gasteiger partial charge on any atom is 0.0664 e. The molecule has 1 atom stereocenters. The lowest BCUT2D eigenvalue weighted by Gasteiger charge is -2.44. The molecule has 0 saturated carbocycles. The Morgan fingerprint density at radius 1 is 1.38 bits per heavy atom. The second-order valence-corrected chi connectivity index (χ2v) is 4.34. The van der Waals surface area contributed by atoms with Crippen molar-refractivity contribution in [3.05, 3.63) is 0 Å². The van der Waals surface area contributed by atoms with Gasteiger partial charge in [0.05, 0.1) is 18.8 Å². The molecule has 3 heteroatoms. The van der Waals surface area contributed by atoms with Crippen LogP contribution >= 0.6 is 0 Å². The van der Waals surface area contributed by atoms with Gasteiger partial charge < -0.3 is 9.64 Å². The summed E-state index contributed by atoms with van der Waals surface area (Å²) < 4.78 is 5.62. The molecule has 2 saturated heterocycles. The van der Waals surface area contributed by atoms with Crippen LogP contribution in [-0.4, -0.2) is 61.8 Å². The predicted molar refractivity (Wildman–Crippen MR) is 52.9 cm³/mol. The molecule has 3 nitrogen and oxygen atoms in total. The Hall–Kier alpha value is -0.120. The van der Waals surface area contributed by atoms with Crippen molar-refractivity contribution in [1.82, 2.24) is 9.80 Å². The fraction of sp³-hybridized carbons (Fsp3) is 1.00. The van der Waals surface area contributed by atoms with Gasteiger partial charge >= 0.3 is 0 Å². The van der Waals surface area contributed by atoms with E-state index in [1.54, 1.807) is 0 Å². The number of rotatable bonds is 1. The molecule has 0 amide bonds. The molecule has 2 rings (SSSR count). The van der Waals surface area contributed by atoms with Crippen molar-refractivity contribution in [2.45, 2.75) is 18.9 Å². The molecule has 2 aliphatic heterocycles. The number of likely N-dealkylation sites (tertiary alicyclic amines) is 1. The molecular weight excluding hydrogens is 164 g/mol. The molecule has 0 bridgehead atoms. The Bertz CT molecular complexity index is 182. The Morgan fingerprint density at radius 2 is 2.23 bits per heavy atom. The minimum atomic E-state index is 0.349. The smallest absolute Gasteiger partial charge is 0.0664 e. The van der Waals surface area contributed by atoms with Gasteiger partial charge in [-0.3, -0.25) is 4.90 Å². The molecular formula is C10H20N2O. The lowest BCUT2D eigenvalue weighted by Crippen LogP contribution is -2.58. The van der Waals surface area contributed by atoms with Crippen LogP contribution < -0.4 is 0 Å². The van der Waals surface area contributed by atoms with Crippen molar-refractivity contribution in [2.24, 2.45) is 0 Å². The largest absolute Gasteiger partial charge is 0.378 e. The van der Waals surface area contributed by atoms with Gasteiger partial charge in [-0.1, -0.05) is 6.92 Å². The van der Waals surface area contributed by atoms with E-state index in [4.69, 9.17) is 4.74 Å². The van der Waals surface area contributed by atoms with Crippen molar-refractivity contribution in [2.75, 3.05) is 46.4 Å². The lowest BCUT2D eigenvalue weighted by atomic mass is 9.96. The van der Waals surface area contributed by atoms with Crippen LogP contribution in [0.3, 0.4) is 0 Å². The standard InChI is InChI=1S/C10H20N2O/c1-3-12-6-7-13-9-10(12)4-5-11(2)8-10/h3-9H2,1-2H3. The summed E-state index contributed by atoms with van der Waals surface area (Å²) >= 11 is 0. The van der Waals surface area contributed by atoms with Gasteiger partial charge in [0, 0.05) is 13.1 Å². The average molecular weight is 184 g/mol.